The van der Waals surface area contributed by atoms with E-state index in [9.17, 15) is 9.18 Å². The summed E-state index contributed by atoms with van der Waals surface area (Å²) < 4.78 is 18.7. The summed E-state index contributed by atoms with van der Waals surface area (Å²) in [5, 5.41) is 3.74. The summed E-state index contributed by atoms with van der Waals surface area (Å²) in [4.78, 5) is 15.3. The lowest BCUT2D eigenvalue weighted by atomic mass is 10.1. The van der Waals surface area contributed by atoms with Crippen LogP contribution in [0.1, 0.15) is 18.1 Å². The normalized spacial score (nSPS) is 10.8. The van der Waals surface area contributed by atoms with Gasteiger partial charge in [-0.25, -0.2) is 4.39 Å². The van der Waals surface area contributed by atoms with E-state index in [4.69, 9.17) is 4.74 Å². The number of carbonyl (C=O) groups is 1. The summed E-state index contributed by atoms with van der Waals surface area (Å²) in [6.07, 6.45) is 1.96. The van der Waals surface area contributed by atoms with Crippen LogP contribution in [0.15, 0.2) is 42.6 Å². The average molecular weight is 326 g/mol. The van der Waals surface area contributed by atoms with Gasteiger partial charge in [0.2, 0.25) is 5.91 Å². The zero-order valence-electron chi connectivity index (χ0n) is 13.7. The molecule has 0 saturated carbocycles. The van der Waals surface area contributed by atoms with E-state index < -0.39 is 0 Å². The Morgan fingerprint density at radius 3 is 2.83 bits per heavy atom. The standard InChI is InChI=1S/C19H19FN2O2/c1-3-24-18-7-5-15(8-12(18)2)22-19(23)9-13-11-21-17-10-14(20)4-6-16(13)17/h4-8,10-11,21H,3,9H2,1-2H3,(H,22,23). The molecule has 0 fully saturated rings. The quantitative estimate of drug-likeness (QED) is 0.738. The molecule has 0 aliphatic heterocycles. The zero-order chi connectivity index (χ0) is 17.1. The Morgan fingerprint density at radius 1 is 1.25 bits per heavy atom. The minimum absolute atomic E-state index is 0.121. The fraction of sp³-hybridized carbons (Fsp3) is 0.211. The van der Waals surface area contributed by atoms with Crippen molar-refractivity contribution in [3.63, 3.8) is 0 Å². The first-order valence-corrected chi connectivity index (χ1v) is 7.85. The Balaban J connectivity index is 1.72. The predicted molar refractivity (Wildman–Crippen MR) is 92.9 cm³/mol. The van der Waals surface area contributed by atoms with Crippen LogP contribution in [0.3, 0.4) is 0 Å². The molecule has 0 spiro atoms. The third kappa shape index (κ3) is 3.40. The SMILES string of the molecule is CCOc1ccc(NC(=O)Cc2c[nH]c3cc(F)ccc23)cc1C. The van der Waals surface area contributed by atoms with Crippen LogP contribution in [-0.4, -0.2) is 17.5 Å². The van der Waals surface area contributed by atoms with Crippen molar-refractivity contribution >= 4 is 22.5 Å². The molecule has 1 aromatic heterocycles. The van der Waals surface area contributed by atoms with Crippen LogP contribution in [-0.2, 0) is 11.2 Å². The Morgan fingerprint density at radius 2 is 2.08 bits per heavy atom. The molecule has 2 aromatic carbocycles. The zero-order valence-corrected chi connectivity index (χ0v) is 13.7. The van der Waals surface area contributed by atoms with E-state index in [1.54, 1.807) is 12.3 Å². The van der Waals surface area contributed by atoms with Crippen LogP contribution in [0.25, 0.3) is 10.9 Å². The molecule has 0 unspecified atom stereocenters. The molecule has 1 heterocycles. The van der Waals surface area contributed by atoms with Gasteiger partial charge in [0, 0.05) is 22.8 Å². The molecule has 0 atom stereocenters. The molecule has 1 amide bonds. The van der Waals surface area contributed by atoms with E-state index in [1.807, 2.05) is 32.0 Å². The summed E-state index contributed by atoms with van der Waals surface area (Å²) in [5.74, 6) is 0.392. The summed E-state index contributed by atoms with van der Waals surface area (Å²) in [6, 6.07) is 10.1. The van der Waals surface area contributed by atoms with Crippen LogP contribution in [0.5, 0.6) is 5.75 Å². The monoisotopic (exact) mass is 326 g/mol. The van der Waals surface area contributed by atoms with Crippen molar-refractivity contribution in [1.82, 2.24) is 4.98 Å². The van der Waals surface area contributed by atoms with Crippen molar-refractivity contribution in [2.75, 3.05) is 11.9 Å². The number of anilines is 1. The molecule has 2 N–H and O–H groups in total. The van der Waals surface area contributed by atoms with E-state index in [2.05, 4.69) is 10.3 Å². The van der Waals surface area contributed by atoms with Gasteiger partial charge >= 0.3 is 0 Å². The second kappa shape index (κ2) is 6.74. The van der Waals surface area contributed by atoms with Gasteiger partial charge in [-0.3, -0.25) is 4.79 Å². The van der Waals surface area contributed by atoms with Crippen LogP contribution >= 0.6 is 0 Å². The number of aryl methyl sites for hydroxylation is 1. The van der Waals surface area contributed by atoms with Crippen molar-refractivity contribution in [3.8, 4) is 5.75 Å². The van der Waals surface area contributed by atoms with Gasteiger partial charge in [-0.05, 0) is 61.4 Å². The number of carbonyl (C=O) groups excluding carboxylic acids is 1. The van der Waals surface area contributed by atoms with Gasteiger partial charge in [0.15, 0.2) is 0 Å². The molecule has 0 aliphatic carbocycles. The third-order valence-electron chi connectivity index (χ3n) is 3.84. The highest BCUT2D eigenvalue weighted by atomic mass is 19.1. The van der Waals surface area contributed by atoms with Gasteiger partial charge in [0.05, 0.1) is 13.0 Å². The number of ether oxygens (including phenoxy) is 1. The third-order valence-corrected chi connectivity index (χ3v) is 3.84. The van der Waals surface area contributed by atoms with Crippen molar-refractivity contribution < 1.29 is 13.9 Å². The number of benzene rings is 2. The first-order chi connectivity index (χ1) is 11.6. The molecule has 124 valence electrons. The molecule has 0 radical (unpaired) electrons. The average Bonchev–Trinajstić information content (AvgIpc) is 2.92. The highest BCUT2D eigenvalue weighted by molar-refractivity contribution is 5.95. The number of aromatic amines is 1. The van der Waals surface area contributed by atoms with Crippen LogP contribution in [0, 0.1) is 12.7 Å². The first-order valence-electron chi connectivity index (χ1n) is 7.85. The lowest BCUT2D eigenvalue weighted by molar-refractivity contribution is -0.115. The lowest BCUT2D eigenvalue weighted by Gasteiger charge is -2.10. The Hall–Kier alpha value is -2.82. The fourth-order valence-corrected chi connectivity index (χ4v) is 2.73. The number of H-pyrrole nitrogens is 1. The fourth-order valence-electron chi connectivity index (χ4n) is 2.73. The van der Waals surface area contributed by atoms with Crippen molar-refractivity contribution in [2.24, 2.45) is 0 Å². The molecule has 5 heteroatoms. The maximum Gasteiger partial charge on any atom is 0.228 e. The molecule has 3 rings (SSSR count). The van der Waals surface area contributed by atoms with Crippen molar-refractivity contribution in [2.45, 2.75) is 20.3 Å². The first kappa shape index (κ1) is 16.1. The van der Waals surface area contributed by atoms with Crippen molar-refractivity contribution in [3.05, 3.63) is 59.5 Å². The number of hydrogen-bond acceptors (Lipinski definition) is 2. The maximum absolute atomic E-state index is 13.2. The molecule has 4 nitrogen and oxygen atoms in total. The maximum atomic E-state index is 13.2. The minimum atomic E-state index is -0.301. The van der Waals surface area contributed by atoms with Crippen molar-refractivity contribution in [1.29, 1.82) is 0 Å². The molecular weight excluding hydrogens is 307 g/mol. The molecular formula is C19H19FN2O2. The van der Waals surface area contributed by atoms with E-state index in [0.717, 1.165) is 28.0 Å². The van der Waals surface area contributed by atoms with Gasteiger partial charge in [-0.1, -0.05) is 0 Å². The second-order valence-electron chi connectivity index (χ2n) is 5.64. The smallest absolute Gasteiger partial charge is 0.228 e. The Kier molecular flexibility index (Phi) is 4.51. The molecule has 3 aromatic rings. The van der Waals surface area contributed by atoms with Gasteiger partial charge in [0.1, 0.15) is 11.6 Å². The van der Waals surface area contributed by atoms with Gasteiger partial charge in [-0.2, -0.15) is 0 Å². The number of hydrogen-bond donors (Lipinski definition) is 2. The summed E-state index contributed by atoms with van der Waals surface area (Å²) >= 11 is 0. The lowest BCUT2D eigenvalue weighted by Crippen LogP contribution is -2.14. The number of nitrogens with one attached hydrogen (secondary N) is 2. The second-order valence-corrected chi connectivity index (χ2v) is 5.64. The number of fused-ring (bicyclic) bond motifs is 1. The minimum Gasteiger partial charge on any atom is -0.494 e. The number of halogens is 1. The van der Waals surface area contributed by atoms with Crippen LogP contribution in [0.4, 0.5) is 10.1 Å². The largest absolute Gasteiger partial charge is 0.494 e. The molecule has 0 saturated heterocycles. The molecule has 0 aliphatic rings. The Bertz CT molecular complexity index is 886. The molecule has 24 heavy (non-hydrogen) atoms. The summed E-state index contributed by atoms with van der Waals surface area (Å²) in [7, 11) is 0. The topological polar surface area (TPSA) is 54.1 Å². The predicted octanol–water partition coefficient (Wildman–Crippen LogP) is 4.20. The van der Waals surface area contributed by atoms with Crippen LogP contribution < -0.4 is 10.1 Å². The number of rotatable bonds is 5. The van der Waals surface area contributed by atoms with Gasteiger partial charge < -0.3 is 15.0 Å². The van der Waals surface area contributed by atoms with Crippen LogP contribution in [0.2, 0.25) is 0 Å². The summed E-state index contributed by atoms with van der Waals surface area (Å²) in [6.45, 7) is 4.48. The van der Waals surface area contributed by atoms with Gasteiger partial charge in [0.25, 0.3) is 0 Å². The van der Waals surface area contributed by atoms with E-state index in [-0.39, 0.29) is 18.1 Å². The molecule has 0 bridgehead atoms. The highest BCUT2D eigenvalue weighted by Gasteiger charge is 2.10. The summed E-state index contributed by atoms with van der Waals surface area (Å²) in [5.41, 5.74) is 3.23. The number of aromatic nitrogens is 1. The van der Waals surface area contributed by atoms with E-state index >= 15 is 0 Å². The number of amides is 1. The van der Waals surface area contributed by atoms with E-state index in [1.165, 1.54) is 12.1 Å². The highest BCUT2D eigenvalue weighted by Crippen LogP contribution is 2.23. The van der Waals surface area contributed by atoms with Gasteiger partial charge in [-0.15, -0.1) is 0 Å². The van der Waals surface area contributed by atoms with E-state index in [0.29, 0.717) is 12.1 Å². The Labute approximate surface area is 139 Å².